The zero-order valence-electron chi connectivity index (χ0n) is 13.7. The van der Waals surface area contributed by atoms with Crippen LogP contribution in [0.4, 0.5) is 23.7 Å². The summed E-state index contributed by atoms with van der Waals surface area (Å²) in [5.74, 6) is -3.27. The van der Waals surface area contributed by atoms with Crippen molar-refractivity contribution in [3.8, 4) is 5.75 Å². The first-order valence-corrected chi connectivity index (χ1v) is 7.43. The lowest BCUT2D eigenvalue weighted by Crippen LogP contribution is -2.69. The first kappa shape index (κ1) is 18.3. The van der Waals surface area contributed by atoms with Crippen LogP contribution in [0.15, 0.2) is 47.1 Å². The van der Waals surface area contributed by atoms with Crippen molar-refractivity contribution >= 4 is 23.5 Å². The number of hydrogen-bond acceptors (Lipinski definition) is 5. The molecular weight excluding hydrogens is 371 g/mol. The quantitative estimate of drug-likeness (QED) is 0.787. The molecule has 1 aliphatic rings. The molecule has 1 aromatic heterocycles. The molecule has 27 heavy (non-hydrogen) atoms. The van der Waals surface area contributed by atoms with Gasteiger partial charge >= 0.3 is 12.2 Å². The molecule has 0 aliphatic carbocycles. The molecule has 2 heterocycles. The predicted octanol–water partition coefficient (Wildman–Crippen LogP) is 2.03. The van der Waals surface area contributed by atoms with Crippen molar-refractivity contribution in [1.29, 1.82) is 0 Å². The van der Waals surface area contributed by atoms with E-state index < -0.39 is 35.4 Å². The van der Waals surface area contributed by atoms with Crippen LogP contribution in [0.3, 0.4) is 0 Å². The van der Waals surface area contributed by atoms with Crippen LogP contribution in [0.2, 0.25) is 0 Å². The lowest BCUT2D eigenvalue weighted by atomic mass is 10.1. The van der Waals surface area contributed by atoms with Gasteiger partial charge in [0, 0.05) is 6.07 Å². The smallest absolute Gasteiger partial charge is 0.440 e. The van der Waals surface area contributed by atoms with Crippen molar-refractivity contribution in [3.05, 3.63) is 48.4 Å². The summed E-state index contributed by atoms with van der Waals surface area (Å²) in [4.78, 5) is 37.2. The predicted molar refractivity (Wildman–Crippen MR) is 84.0 cm³/mol. The third-order valence-electron chi connectivity index (χ3n) is 3.80. The van der Waals surface area contributed by atoms with Crippen LogP contribution in [-0.4, -0.2) is 36.8 Å². The van der Waals surface area contributed by atoms with Gasteiger partial charge in [-0.2, -0.15) is 13.2 Å². The van der Waals surface area contributed by atoms with E-state index in [2.05, 4.69) is 0 Å². The van der Waals surface area contributed by atoms with Crippen LogP contribution in [0.1, 0.15) is 10.6 Å². The first-order valence-electron chi connectivity index (χ1n) is 7.43. The van der Waals surface area contributed by atoms with Crippen LogP contribution >= 0.6 is 0 Å². The topological polar surface area (TPSA) is 101 Å². The van der Waals surface area contributed by atoms with E-state index >= 15 is 0 Å². The van der Waals surface area contributed by atoms with Gasteiger partial charge in [0.1, 0.15) is 5.75 Å². The number of nitrogens with zero attached hydrogens (tertiary/aromatic N) is 1. The Morgan fingerprint density at radius 1 is 1.26 bits per heavy atom. The van der Waals surface area contributed by atoms with Gasteiger partial charge in [-0.25, -0.2) is 9.69 Å². The minimum absolute atomic E-state index is 0.157. The van der Waals surface area contributed by atoms with E-state index in [-0.39, 0.29) is 16.3 Å². The Balaban J connectivity index is 2.01. The molecule has 2 N–H and O–H groups in total. The number of urea groups is 1. The van der Waals surface area contributed by atoms with Crippen molar-refractivity contribution < 1.29 is 36.7 Å². The van der Waals surface area contributed by atoms with E-state index in [1.807, 2.05) is 0 Å². The number of benzene rings is 1. The molecule has 3 rings (SSSR count). The van der Waals surface area contributed by atoms with Crippen molar-refractivity contribution in [1.82, 2.24) is 10.6 Å². The van der Waals surface area contributed by atoms with Gasteiger partial charge in [0.05, 0.1) is 19.1 Å². The molecule has 1 fully saturated rings. The Labute approximate surface area is 149 Å². The lowest BCUT2D eigenvalue weighted by molar-refractivity contribution is -0.197. The minimum atomic E-state index is -5.32. The molecule has 11 heteroatoms. The first-order chi connectivity index (χ1) is 12.7. The van der Waals surface area contributed by atoms with Crippen LogP contribution < -0.4 is 20.3 Å². The number of carbonyl (C=O) groups is 3. The summed E-state index contributed by atoms with van der Waals surface area (Å²) in [5.41, 5.74) is -3.80. The molecule has 0 spiro atoms. The maximum absolute atomic E-state index is 13.7. The Morgan fingerprint density at radius 2 is 2.00 bits per heavy atom. The maximum Gasteiger partial charge on any atom is 0.440 e. The molecule has 1 saturated heterocycles. The molecule has 0 radical (unpaired) electrons. The Hall–Kier alpha value is -3.50. The third-order valence-corrected chi connectivity index (χ3v) is 3.80. The summed E-state index contributed by atoms with van der Waals surface area (Å²) in [6.45, 7) is 0. The zero-order valence-corrected chi connectivity index (χ0v) is 13.7. The number of halogens is 3. The van der Waals surface area contributed by atoms with Crippen molar-refractivity contribution in [3.63, 3.8) is 0 Å². The van der Waals surface area contributed by atoms with Crippen LogP contribution in [-0.2, 0) is 4.79 Å². The lowest BCUT2D eigenvalue weighted by Gasteiger charge is -2.29. The van der Waals surface area contributed by atoms with Crippen molar-refractivity contribution in [2.24, 2.45) is 0 Å². The highest BCUT2D eigenvalue weighted by atomic mass is 19.4. The number of carbonyl (C=O) groups excluding carboxylic acids is 3. The monoisotopic (exact) mass is 383 g/mol. The van der Waals surface area contributed by atoms with Gasteiger partial charge < -0.3 is 14.5 Å². The highest BCUT2D eigenvalue weighted by Crippen LogP contribution is 2.36. The highest BCUT2D eigenvalue weighted by Gasteiger charge is 2.69. The van der Waals surface area contributed by atoms with Gasteiger partial charge in [-0.3, -0.25) is 14.9 Å². The summed E-state index contributed by atoms with van der Waals surface area (Å²) in [6.07, 6.45) is -4.25. The van der Waals surface area contributed by atoms with Crippen molar-refractivity contribution in [2.75, 3.05) is 12.0 Å². The largest absolute Gasteiger partial charge is 0.497 e. The maximum atomic E-state index is 13.7. The van der Waals surface area contributed by atoms with Gasteiger partial charge in [-0.05, 0) is 24.3 Å². The normalized spacial score (nSPS) is 19.8. The number of imide groups is 1. The molecule has 0 saturated carbocycles. The molecule has 0 bridgehead atoms. The molecule has 0 unspecified atom stereocenters. The molecule has 142 valence electrons. The van der Waals surface area contributed by atoms with E-state index in [1.54, 1.807) is 0 Å². The van der Waals surface area contributed by atoms with Gasteiger partial charge in [0.2, 0.25) is 0 Å². The number of methoxy groups -OCH3 is 1. The third kappa shape index (κ3) is 2.96. The van der Waals surface area contributed by atoms with E-state index in [1.165, 1.54) is 48.1 Å². The van der Waals surface area contributed by atoms with Crippen LogP contribution in [0.5, 0.6) is 5.75 Å². The average Bonchev–Trinajstić information content (AvgIpc) is 3.22. The Bertz CT molecular complexity index is 897. The van der Waals surface area contributed by atoms with E-state index in [0.717, 1.165) is 12.3 Å². The fourth-order valence-electron chi connectivity index (χ4n) is 2.50. The molecule has 8 nitrogen and oxygen atoms in total. The SMILES string of the molecule is COc1cccc(N2C(=O)N[C@@](NC(=O)c3ccco3)(C(F)(F)F)C2=O)c1. The number of anilines is 1. The number of alkyl halides is 3. The molecule has 4 amide bonds. The van der Waals surface area contributed by atoms with Crippen LogP contribution in [0, 0.1) is 0 Å². The van der Waals surface area contributed by atoms with E-state index in [4.69, 9.17) is 9.15 Å². The molecule has 1 atom stereocenters. The van der Waals surface area contributed by atoms with Crippen molar-refractivity contribution in [2.45, 2.75) is 11.8 Å². The second-order valence-electron chi connectivity index (χ2n) is 5.45. The number of furan rings is 1. The summed E-state index contributed by atoms with van der Waals surface area (Å²) < 4.78 is 50.9. The summed E-state index contributed by atoms with van der Waals surface area (Å²) in [6, 6.07) is 6.37. The second-order valence-corrected chi connectivity index (χ2v) is 5.45. The fraction of sp³-hybridized carbons (Fsp3) is 0.188. The second kappa shape index (κ2) is 6.34. The van der Waals surface area contributed by atoms with E-state index in [0.29, 0.717) is 0 Å². The molecular formula is C16H12F3N3O5. The number of hydrogen-bond donors (Lipinski definition) is 2. The Kier molecular flexibility index (Phi) is 4.30. The minimum Gasteiger partial charge on any atom is -0.497 e. The molecule has 1 aromatic carbocycles. The number of rotatable bonds is 4. The summed E-state index contributed by atoms with van der Waals surface area (Å²) >= 11 is 0. The highest BCUT2D eigenvalue weighted by molar-refractivity contribution is 6.24. The van der Waals surface area contributed by atoms with Gasteiger partial charge in [0.15, 0.2) is 5.76 Å². The van der Waals surface area contributed by atoms with Gasteiger partial charge in [0.25, 0.3) is 17.5 Å². The molecule has 2 aromatic rings. The number of ether oxygens (including phenoxy) is 1. The van der Waals surface area contributed by atoms with Gasteiger partial charge in [-0.1, -0.05) is 6.07 Å². The van der Waals surface area contributed by atoms with Gasteiger partial charge in [-0.15, -0.1) is 0 Å². The summed E-state index contributed by atoms with van der Waals surface area (Å²) in [7, 11) is 1.31. The zero-order chi connectivity index (χ0) is 19.8. The molecule has 1 aliphatic heterocycles. The number of amides is 4. The fourth-order valence-corrected chi connectivity index (χ4v) is 2.50. The summed E-state index contributed by atoms with van der Waals surface area (Å²) in [5, 5.41) is 3.07. The average molecular weight is 383 g/mol. The Morgan fingerprint density at radius 3 is 2.59 bits per heavy atom. The standard InChI is InChI=1S/C16H12F3N3O5/c1-26-10-5-2-4-9(8-10)22-13(24)15(16(17,18)19,21-14(22)25)20-12(23)11-6-3-7-27-11/h2-8H,1H3,(H,20,23)(H,21,25)/t15-/m1/s1. The van der Waals surface area contributed by atoms with E-state index in [9.17, 15) is 27.6 Å². The van der Waals surface area contributed by atoms with Crippen LogP contribution in [0.25, 0.3) is 0 Å². The number of nitrogens with one attached hydrogen (secondary N) is 2.